The van der Waals surface area contributed by atoms with Gasteiger partial charge >= 0.3 is 0 Å². The topological polar surface area (TPSA) is 88.3 Å². The van der Waals surface area contributed by atoms with Gasteiger partial charge in [0.1, 0.15) is 17.1 Å². The van der Waals surface area contributed by atoms with E-state index < -0.39 is 0 Å². The summed E-state index contributed by atoms with van der Waals surface area (Å²) < 4.78 is 0. The molecule has 0 fully saturated rings. The number of hydrogen-bond donors (Lipinski definition) is 0. The molecule has 0 atom stereocenters. The van der Waals surface area contributed by atoms with Crippen molar-refractivity contribution in [2.45, 2.75) is 0 Å². The number of aliphatic imine (C=N–C) groups is 3. The summed E-state index contributed by atoms with van der Waals surface area (Å²) in [5, 5.41) is 0. The summed E-state index contributed by atoms with van der Waals surface area (Å²) in [6.07, 6.45) is 4.23. The smallest absolute Gasteiger partial charge is 0.211 e. The fourth-order valence-corrected chi connectivity index (χ4v) is 2.75. The third kappa shape index (κ3) is 3.74. The maximum absolute atomic E-state index is 10.9. The van der Waals surface area contributed by atoms with Crippen LogP contribution in [0.15, 0.2) is 81.7 Å². The summed E-state index contributed by atoms with van der Waals surface area (Å²) >= 11 is 0. The van der Waals surface area contributed by atoms with Crippen molar-refractivity contribution in [3.8, 4) is 22.3 Å². The number of rotatable bonds is 5. The quantitative estimate of drug-likeness (QED) is 0.481. The summed E-state index contributed by atoms with van der Waals surface area (Å²) in [7, 11) is 0. The second-order valence-corrected chi connectivity index (χ2v) is 5.39. The van der Waals surface area contributed by atoms with E-state index in [0.717, 1.165) is 16.7 Å². The van der Waals surface area contributed by atoms with Crippen molar-refractivity contribution in [1.29, 1.82) is 0 Å². The van der Waals surface area contributed by atoms with Crippen molar-refractivity contribution < 1.29 is 14.4 Å². The van der Waals surface area contributed by atoms with Crippen LogP contribution in [0, 0.1) is 0 Å². The first-order valence-electron chi connectivity index (χ1n) is 7.85. The lowest BCUT2D eigenvalue weighted by molar-refractivity contribution is 0.564. The van der Waals surface area contributed by atoms with Gasteiger partial charge in [0.2, 0.25) is 18.2 Å². The lowest BCUT2D eigenvalue weighted by Crippen LogP contribution is -1.84. The average molecular weight is 353 g/mol. The molecule has 27 heavy (non-hydrogen) atoms. The Labute approximate surface area is 154 Å². The lowest BCUT2D eigenvalue weighted by Gasteiger charge is -2.10. The standard InChI is InChI=1S/C21H11N3O3/c25-12-22-19-10-9-18(20(23-13-26)21(19)24-14-27)17-8-4-7-16(11-17)15-5-2-1-3-6-15/h1-11H. The van der Waals surface area contributed by atoms with Crippen LogP contribution in [-0.4, -0.2) is 18.2 Å². The van der Waals surface area contributed by atoms with Crippen LogP contribution in [0.5, 0.6) is 0 Å². The first kappa shape index (κ1) is 17.6. The Balaban J connectivity index is 2.26. The molecule has 0 unspecified atom stereocenters. The molecule has 6 nitrogen and oxygen atoms in total. The molecule has 3 rings (SSSR count). The van der Waals surface area contributed by atoms with E-state index in [1.54, 1.807) is 6.07 Å². The molecule has 0 saturated heterocycles. The molecule has 3 aromatic rings. The number of hydrogen-bond acceptors (Lipinski definition) is 6. The summed E-state index contributed by atoms with van der Waals surface area (Å²) in [6, 6.07) is 20.5. The van der Waals surface area contributed by atoms with Crippen molar-refractivity contribution in [1.82, 2.24) is 0 Å². The molecule has 0 aromatic heterocycles. The van der Waals surface area contributed by atoms with Crippen molar-refractivity contribution in [3.63, 3.8) is 0 Å². The van der Waals surface area contributed by atoms with Crippen molar-refractivity contribution >= 4 is 35.3 Å². The molecule has 0 saturated carbocycles. The maximum Gasteiger partial charge on any atom is 0.240 e. The third-order valence-corrected chi connectivity index (χ3v) is 3.89. The van der Waals surface area contributed by atoms with Gasteiger partial charge in [0, 0.05) is 5.56 Å². The summed E-state index contributed by atoms with van der Waals surface area (Å²) in [6.45, 7) is 0. The van der Waals surface area contributed by atoms with Gasteiger partial charge in [-0.25, -0.2) is 14.4 Å². The van der Waals surface area contributed by atoms with Crippen LogP contribution in [0.4, 0.5) is 17.1 Å². The van der Waals surface area contributed by atoms with Gasteiger partial charge in [-0.15, -0.1) is 0 Å². The second-order valence-electron chi connectivity index (χ2n) is 5.39. The third-order valence-electron chi connectivity index (χ3n) is 3.89. The molecule has 0 spiro atoms. The SMILES string of the molecule is O=C=Nc1ccc(-c2cccc(-c3ccccc3)c2)c(N=C=O)c1N=C=O. The molecule has 0 aliphatic carbocycles. The first-order valence-corrected chi connectivity index (χ1v) is 7.85. The molecule has 0 radical (unpaired) electrons. The zero-order chi connectivity index (χ0) is 19.1. The molecule has 0 bridgehead atoms. The van der Waals surface area contributed by atoms with Crippen LogP contribution >= 0.6 is 0 Å². The van der Waals surface area contributed by atoms with Gasteiger partial charge in [0.05, 0.1) is 0 Å². The molecule has 6 heteroatoms. The Morgan fingerprint density at radius 2 is 1.19 bits per heavy atom. The van der Waals surface area contributed by atoms with Gasteiger partial charge < -0.3 is 0 Å². The Morgan fingerprint density at radius 1 is 0.556 bits per heavy atom. The Kier molecular flexibility index (Phi) is 5.39. The normalized spacial score (nSPS) is 9.48. The van der Waals surface area contributed by atoms with E-state index in [-0.39, 0.29) is 17.1 Å². The minimum absolute atomic E-state index is 0.0423. The summed E-state index contributed by atoms with van der Waals surface area (Å²) in [4.78, 5) is 43.1. The molecular weight excluding hydrogens is 342 g/mol. The summed E-state index contributed by atoms with van der Waals surface area (Å²) in [5.74, 6) is 0. The van der Waals surface area contributed by atoms with Crippen molar-refractivity contribution in [2.75, 3.05) is 0 Å². The molecular formula is C21H11N3O3. The van der Waals surface area contributed by atoms with Crippen molar-refractivity contribution in [2.24, 2.45) is 15.0 Å². The predicted molar refractivity (Wildman–Crippen MR) is 101 cm³/mol. The fourth-order valence-electron chi connectivity index (χ4n) is 2.75. The van der Waals surface area contributed by atoms with E-state index in [9.17, 15) is 14.4 Å². The molecule has 0 amide bonds. The molecule has 128 valence electrons. The lowest BCUT2D eigenvalue weighted by atomic mass is 9.97. The van der Waals surface area contributed by atoms with E-state index in [1.807, 2.05) is 54.6 Å². The molecule has 3 aromatic carbocycles. The highest BCUT2D eigenvalue weighted by atomic mass is 16.1. The minimum Gasteiger partial charge on any atom is -0.211 e. The zero-order valence-corrected chi connectivity index (χ0v) is 13.9. The van der Waals surface area contributed by atoms with Crippen LogP contribution in [0.2, 0.25) is 0 Å². The van der Waals surface area contributed by atoms with Gasteiger partial charge in [-0.05, 0) is 34.9 Å². The Morgan fingerprint density at radius 3 is 1.89 bits per heavy atom. The monoisotopic (exact) mass is 353 g/mol. The van der Waals surface area contributed by atoms with Crippen LogP contribution in [0.25, 0.3) is 22.3 Å². The Bertz CT molecular complexity index is 1140. The molecule has 0 N–H and O–H groups in total. The average Bonchev–Trinajstić information content (AvgIpc) is 2.71. The highest BCUT2D eigenvalue weighted by Crippen LogP contribution is 2.44. The van der Waals surface area contributed by atoms with E-state index in [0.29, 0.717) is 5.56 Å². The van der Waals surface area contributed by atoms with E-state index >= 15 is 0 Å². The molecule has 0 aliphatic rings. The van der Waals surface area contributed by atoms with E-state index in [2.05, 4.69) is 15.0 Å². The largest absolute Gasteiger partial charge is 0.240 e. The van der Waals surface area contributed by atoms with Gasteiger partial charge in [0.15, 0.2) is 0 Å². The van der Waals surface area contributed by atoms with Gasteiger partial charge in [0.25, 0.3) is 0 Å². The van der Waals surface area contributed by atoms with Gasteiger partial charge in [-0.2, -0.15) is 15.0 Å². The number of nitrogens with zero attached hydrogens (tertiary/aromatic N) is 3. The second kappa shape index (κ2) is 8.26. The number of isocyanates is 3. The maximum atomic E-state index is 10.9. The van der Waals surface area contributed by atoms with Crippen LogP contribution in [-0.2, 0) is 14.4 Å². The van der Waals surface area contributed by atoms with E-state index in [4.69, 9.17) is 0 Å². The Hall–Kier alpha value is -4.20. The summed E-state index contributed by atoms with van der Waals surface area (Å²) in [5.41, 5.74) is 3.36. The fraction of sp³-hybridized carbons (Fsp3) is 0. The molecule has 0 heterocycles. The number of carbonyl (C=O) groups excluding carboxylic acids is 3. The minimum atomic E-state index is -0.0423. The number of benzene rings is 3. The van der Waals surface area contributed by atoms with Gasteiger partial charge in [-0.3, -0.25) is 0 Å². The highest BCUT2D eigenvalue weighted by Gasteiger charge is 2.15. The zero-order valence-electron chi connectivity index (χ0n) is 13.9. The van der Waals surface area contributed by atoms with Crippen LogP contribution in [0.1, 0.15) is 0 Å². The predicted octanol–water partition coefficient (Wildman–Crippen LogP) is 4.92. The molecule has 0 aliphatic heterocycles. The highest BCUT2D eigenvalue weighted by molar-refractivity contribution is 5.92. The van der Waals surface area contributed by atoms with Gasteiger partial charge in [-0.1, -0.05) is 48.5 Å². The van der Waals surface area contributed by atoms with Crippen molar-refractivity contribution in [3.05, 3.63) is 66.7 Å². The van der Waals surface area contributed by atoms with Crippen LogP contribution in [0.3, 0.4) is 0 Å². The first-order chi connectivity index (χ1) is 13.3. The van der Waals surface area contributed by atoms with Crippen LogP contribution < -0.4 is 0 Å². The van der Waals surface area contributed by atoms with E-state index in [1.165, 1.54) is 24.3 Å².